The second kappa shape index (κ2) is 7.89. The molecule has 23 heavy (non-hydrogen) atoms. The van der Waals surface area contributed by atoms with Gasteiger partial charge < -0.3 is 14.1 Å². The van der Waals surface area contributed by atoms with Crippen LogP contribution in [-0.4, -0.2) is 20.6 Å². The summed E-state index contributed by atoms with van der Waals surface area (Å²) in [5, 5.41) is 9.03. The average Bonchev–Trinajstić information content (AvgIpc) is 3.20. The van der Waals surface area contributed by atoms with Crippen molar-refractivity contribution < 1.29 is 14.3 Å². The Bertz CT molecular complexity index is 727. The Morgan fingerprint density at radius 1 is 1.30 bits per heavy atom. The summed E-state index contributed by atoms with van der Waals surface area (Å²) in [6, 6.07) is 10.7. The van der Waals surface area contributed by atoms with Crippen molar-refractivity contribution in [3.05, 3.63) is 72.7 Å². The molecule has 1 aromatic carbocycles. The molecule has 0 saturated carbocycles. The Labute approximate surface area is 143 Å². The third-order valence-corrected chi connectivity index (χ3v) is 4.39. The molecule has 7 heteroatoms. The number of hydrogen-bond donors (Lipinski definition) is 1. The van der Waals surface area contributed by atoms with Gasteiger partial charge in [-0.3, -0.25) is 0 Å². The van der Waals surface area contributed by atoms with Crippen molar-refractivity contribution in [2.45, 2.75) is 16.7 Å². The van der Waals surface area contributed by atoms with Gasteiger partial charge in [0.05, 0.1) is 23.4 Å². The van der Waals surface area contributed by atoms with Crippen LogP contribution in [0.25, 0.3) is 0 Å². The van der Waals surface area contributed by atoms with E-state index in [2.05, 4.69) is 4.98 Å². The Morgan fingerprint density at radius 2 is 2.09 bits per heavy atom. The van der Waals surface area contributed by atoms with Crippen molar-refractivity contribution in [2.75, 3.05) is 0 Å². The number of aromatic carboxylic acids is 1. The second-order valence-corrected chi connectivity index (χ2v) is 5.99. The highest BCUT2D eigenvalue weighted by molar-refractivity contribution is 7.99. The molecule has 0 amide bonds. The van der Waals surface area contributed by atoms with Gasteiger partial charge in [-0.2, -0.15) is 0 Å². The third-order valence-electron chi connectivity index (χ3n) is 3.18. The fourth-order valence-electron chi connectivity index (χ4n) is 2.09. The van der Waals surface area contributed by atoms with Crippen molar-refractivity contribution in [1.29, 1.82) is 0 Å². The molecule has 2 aromatic heterocycles. The topological polar surface area (TPSA) is 68.3 Å². The molecule has 2 heterocycles. The minimum atomic E-state index is -0.919. The van der Waals surface area contributed by atoms with Gasteiger partial charge in [0.1, 0.15) is 5.76 Å². The quantitative estimate of drug-likeness (QED) is 0.677. The molecule has 0 saturated heterocycles. The Kier molecular flexibility index (Phi) is 5.90. The van der Waals surface area contributed by atoms with Gasteiger partial charge in [0.25, 0.3) is 0 Å². The van der Waals surface area contributed by atoms with E-state index in [9.17, 15) is 4.79 Å². The van der Waals surface area contributed by atoms with Crippen molar-refractivity contribution in [2.24, 2.45) is 0 Å². The average molecular weight is 351 g/mol. The normalized spacial score (nSPS) is 11.7. The Hall–Kier alpha value is -2.18. The number of halogens is 1. The van der Waals surface area contributed by atoms with Crippen LogP contribution in [0.15, 0.2) is 70.7 Å². The highest BCUT2D eigenvalue weighted by Crippen LogP contribution is 2.36. The van der Waals surface area contributed by atoms with E-state index in [0.29, 0.717) is 0 Å². The smallest absolute Gasteiger partial charge is 0.335 e. The first-order valence-electron chi connectivity index (χ1n) is 6.71. The molecular weight excluding hydrogens is 336 g/mol. The van der Waals surface area contributed by atoms with Crippen LogP contribution in [0, 0.1) is 0 Å². The monoisotopic (exact) mass is 350 g/mol. The maximum absolute atomic E-state index is 10.9. The van der Waals surface area contributed by atoms with Crippen LogP contribution in [0.1, 0.15) is 21.4 Å². The van der Waals surface area contributed by atoms with Gasteiger partial charge in [0, 0.05) is 23.8 Å². The number of carbonyl (C=O) groups is 1. The van der Waals surface area contributed by atoms with Gasteiger partial charge in [-0.05, 0) is 36.4 Å². The number of rotatable bonds is 6. The first-order chi connectivity index (χ1) is 10.7. The van der Waals surface area contributed by atoms with Gasteiger partial charge in [-0.25, -0.2) is 9.78 Å². The molecule has 0 radical (unpaired) electrons. The number of benzene rings is 1. The zero-order chi connectivity index (χ0) is 15.4. The lowest BCUT2D eigenvalue weighted by molar-refractivity contribution is 0.0697. The minimum Gasteiger partial charge on any atom is -0.478 e. The SMILES string of the molecule is Cl.O=C(O)c1ccc(SC(Cn2ccnc2)c2ccco2)cc1. The summed E-state index contributed by atoms with van der Waals surface area (Å²) in [4.78, 5) is 15.9. The summed E-state index contributed by atoms with van der Waals surface area (Å²) < 4.78 is 7.52. The lowest BCUT2D eigenvalue weighted by Gasteiger charge is -2.15. The van der Waals surface area contributed by atoms with E-state index < -0.39 is 5.97 Å². The number of aromatic nitrogens is 2. The van der Waals surface area contributed by atoms with Crippen molar-refractivity contribution in [1.82, 2.24) is 9.55 Å². The van der Waals surface area contributed by atoms with E-state index in [1.165, 1.54) is 0 Å². The fraction of sp³-hybridized carbons (Fsp3) is 0.125. The van der Waals surface area contributed by atoms with Gasteiger partial charge >= 0.3 is 5.97 Å². The number of imidazole rings is 1. The molecule has 120 valence electrons. The second-order valence-electron chi connectivity index (χ2n) is 4.71. The van der Waals surface area contributed by atoms with Crippen LogP contribution >= 0.6 is 24.2 Å². The number of thioether (sulfide) groups is 1. The molecule has 0 fully saturated rings. The maximum Gasteiger partial charge on any atom is 0.335 e. The van der Waals surface area contributed by atoms with Gasteiger partial charge in [0.15, 0.2) is 0 Å². The molecule has 3 aromatic rings. The van der Waals surface area contributed by atoms with Crippen LogP contribution in [0.3, 0.4) is 0 Å². The highest BCUT2D eigenvalue weighted by Gasteiger charge is 2.17. The highest BCUT2D eigenvalue weighted by atomic mass is 35.5. The van der Waals surface area contributed by atoms with E-state index in [-0.39, 0.29) is 23.2 Å². The van der Waals surface area contributed by atoms with E-state index in [1.807, 2.05) is 35.0 Å². The van der Waals surface area contributed by atoms with E-state index in [4.69, 9.17) is 9.52 Å². The molecular formula is C16H15ClN2O3S. The summed E-state index contributed by atoms with van der Waals surface area (Å²) in [6.45, 7) is 0.721. The zero-order valence-corrected chi connectivity index (χ0v) is 13.7. The predicted molar refractivity (Wildman–Crippen MR) is 90.2 cm³/mol. The third kappa shape index (κ3) is 4.40. The summed E-state index contributed by atoms with van der Waals surface area (Å²) in [6.07, 6.45) is 7.07. The first-order valence-corrected chi connectivity index (χ1v) is 7.59. The molecule has 0 spiro atoms. The minimum absolute atomic E-state index is 0. The van der Waals surface area contributed by atoms with Crippen LogP contribution in [0.2, 0.25) is 0 Å². The zero-order valence-electron chi connectivity index (χ0n) is 12.0. The standard InChI is InChI=1S/C16H14N2O3S.ClH/c19-16(20)12-3-5-13(6-4-12)22-15(14-2-1-9-21-14)10-18-8-7-17-11-18;/h1-9,11,15H,10H2,(H,19,20);1H. The summed E-state index contributed by atoms with van der Waals surface area (Å²) >= 11 is 1.63. The molecule has 0 aliphatic carbocycles. The van der Waals surface area contributed by atoms with Crippen molar-refractivity contribution in [3.63, 3.8) is 0 Å². The fourth-order valence-corrected chi connectivity index (χ4v) is 3.21. The number of furan rings is 1. The van der Waals surface area contributed by atoms with Crippen LogP contribution in [0.5, 0.6) is 0 Å². The van der Waals surface area contributed by atoms with Gasteiger partial charge in [0.2, 0.25) is 0 Å². The summed E-state index contributed by atoms with van der Waals surface area (Å²) in [5.74, 6) is -0.0430. The largest absolute Gasteiger partial charge is 0.478 e. The molecule has 1 atom stereocenters. The first kappa shape index (κ1) is 17.2. The van der Waals surface area contributed by atoms with E-state index in [1.54, 1.807) is 42.7 Å². The molecule has 0 aliphatic rings. The Balaban J connectivity index is 0.00000192. The lowest BCUT2D eigenvalue weighted by atomic mass is 10.2. The molecule has 1 N–H and O–H groups in total. The van der Waals surface area contributed by atoms with Gasteiger partial charge in [-0.15, -0.1) is 24.2 Å². The van der Waals surface area contributed by atoms with Crippen LogP contribution < -0.4 is 0 Å². The number of carboxylic acids is 1. The number of carboxylic acid groups (broad SMARTS) is 1. The molecule has 3 rings (SSSR count). The van der Waals surface area contributed by atoms with Gasteiger partial charge in [-0.1, -0.05) is 0 Å². The molecule has 0 bridgehead atoms. The summed E-state index contributed by atoms with van der Waals surface area (Å²) in [7, 11) is 0. The molecule has 5 nitrogen and oxygen atoms in total. The number of hydrogen-bond acceptors (Lipinski definition) is 4. The van der Waals surface area contributed by atoms with Crippen molar-refractivity contribution >= 4 is 30.1 Å². The lowest BCUT2D eigenvalue weighted by Crippen LogP contribution is -2.04. The van der Waals surface area contributed by atoms with E-state index >= 15 is 0 Å². The predicted octanol–water partition coefficient (Wildman–Crippen LogP) is 4.13. The maximum atomic E-state index is 10.9. The Morgan fingerprint density at radius 3 is 2.65 bits per heavy atom. The van der Waals surface area contributed by atoms with Crippen molar-refractivity contribution in [3.8, 4) is 0 Å². The van der Waals surface area contributed by atoms with Crippen LogP contribution in [0.4, 0.5) is 0 Å². The molecule has 0 aliphatic heterocycles. The van der Waals surface area contributed by atoms with E-state index in [0.717, 1.165) is 17.2 Å². The number of nitrogens with zero attached hydrogens (tertiary/aromatic N) is 2. The van der Waals surface area contributed by atoms with Crippen LogP contribution in [-0.2, 0) is 6.54 Å². The molecule has 1 unspecified atom stereocenters. The summed E-state index contributed by atoms with van der Waals surface area (Å²) in [5.41, 5.74) is 0.286.